The molecule has 114 valence electrons. The molecule has 0 bridgehead atoms. The van der Waals surface area contributed by atoms with Crippen molar-refractivity contribution in [2.45, 2.75) is 18.5 Å². The number of hydrogen-bond acceptors (Lipinski definition) is 5. The van der Waals surface area contributed by atoms with E-state index in [-0.39, 0.29) is 17.3 Å². The van der Waals surface area contributed by atoms with E-state index in [4.69, 9.17) is 4.74 Å². The fraction of sp³-hybridized carbons (Fsp3) is 0.308. The second-order valence-electron chi connectivity index (χ2n) is 4.57. The van der Waals surface area contributed by atoms with E-state index < -0.39 is 10.0 Å². The minimum atomic E-state index is -3.68. The maximum atomic E-state index is 12.1. The summed E-state index contributed by atoms with van der Waals surface area (Å²) in [4.78, 5) is 3.98. The van der Waals surface area contributed by atoms with Crippen molar-refractivity contribution < 1.29 is 18.3 Å². The Morgan fingerprint density at radius 2 is 2.14 bits per heavy atom. The largest absolute Gasteiger partial charge is 0.504 e. The normalized spacial score (nSPS) is 11.6. The van der Waals surface area contributed by atoms with Crippen LogP contribution in [0, 0.1) is 6.92 Å². The van der Waals surface area contributed by atoms with Gasteiger partial charge in [0, 0.05) is 19.8 Å². The van der Waals surface area contributed by atoms with Crippen LogP contribution in [0.2, 0.25) is 0 Å². The number of sulfonamides is 1. The average Bonchev–Trinajstić information content (AvgIpc) is 2.77. The Bertz CT molecular complexity index is 733. The molecule has 0 aliphatic rings. The summed E-state index contributed by atoms with van der Waals surface area (Å²) in [6, 6.07) is 4.69. The Balaban J connectivity index is 2.13. The summed E-state index contributed by atoms with van der Waals surface area (Å²) in [6.45, 7) is 1.77. The summed E-state index contributed by atoms with van der Waals surface area (Å²) in [5, 5.41) is 9.63. The Labute approximate surface area is 123 Å². The Morgan fingerprint density at radius 3 is 2.67 bits per heavy atom. The van der Waals surface area contributed by atoms with Crippen molar-refractivity contribution in [2.24, 2.45) is 7.05 Å². The Morgan fingerprint density at radius 1 is 1.43 bits per heavy atom. The second-order valence-corrected chi connectivity index (χ2v) is 6.28. The van der Waals surface area contributed by atoms with Crippen molar-refractivity contribution in [1.29, 1.82) is 0 Å². The molecule has 1 aromatic carbocycles. The van der Waals surface area contributed by atoms with E-state index in [0.717, 1.165) is 0 Å². The third-order valence-electron chi connectivity index (χ3n) is 3.07. The number of nitrogens with one attached hydrogen (secondary N) is 1. The lowest BCUT2D eigenvalue weighted by atomic mass is 10.2. The van der Waals surface area contributed by atoms with Crippen LogP contribution in [-0.2, 0) is 23.6 Å². The number of nitrogens with zero attached hydrogens (tertiary/aromatic N) is 2. The number of aryl methyl sites for hydroxylation is 2. The number of aromatic nitrogens is 2. The first-order valence-corrected chi connectivity index (χ1v) is 7.67. The van der Waals surface area contributed by atoms with Crippen molar-refractivity contribution >= 4 is 10.0 Å². The molecule has 0 aliphatic heterocycles. The summed E-state index contributed by atoms with van der Waals surface area (Å²) in [5.41, 5.74) is 0.615. The van der Waals surface area contributed by atoms with Crippen LogP contribution in [0.3, 0.4) is 0 Å². The summed E-state index contributed by atoms with van der Waals surface area (Å²) in [7, 11) is -0.513. The molecule has 0 fully saturated rings. The monoisotopic (exact) mass is 311 g/mol. The van der Waals surface area contributed by atoms with Gasteiger partial charge in [-0.3, -0.25) is 0 Å². The van der Waals surface area contributed by atoms with Crippen LogP contribution in [0.1, 0.15) is 11.4 Å². The predicted molar refractivity (Wildman–Crippen MR) is 76.6 cm³/mol. The fourth-order valence-corrected chi connectivity index (χ4v) is 2.81. The fourth-order valence-electron chi connectivity index (χ4n) is 1.75. The zero-order valence-corrected chi connectivity index (χ0v) is 12.8. The lowest BCUT2D eigenvalue weighted by Crippen LogP contribution is -2.23. The topological polar surface area (TPSA) is 93.5 Å². The number of imidazole rings is 1. The SMILES string of the molecule is COc1ccc(CNS(=O)(=O)c2cn(C)c(C)n2)cc1O. The maximum absolute atomic E-state index is 12.1. The maximum Gasteiger partial charge on any atom is 0.259 e. The van der Waals surface area contributed by atoms with E-state index in [9.17, 15) is 13.5 Å². The molecule has 1 aromatic heterocycles. The van der Waals surface area contributed by atoms with E-state index in [2.05, 4.69) is 9.71 Å². The zero-order chi connectivity index (χ0) is 15.6. The molecule has 0 radical (unpaired) electrons. The van der Waals surface area contributed by atoms with Gasteiger partial charge in [-0.1, -0.05) is 6.07 Å². The van der Waals surface area contributed by atoms with Crippen LogP contribution in [0.5, 0.6) is 11.5 Å². The van der Waals surface area contributed by atoms with E-state index in [1.165, 1.54) is 19.4 Å². The third kappa shape index (κ3) is 3.34. The number of methoxy groups -OCH3 is 1. The number of phenols is 1. The number of aromatic hydroxyl groups is 1. The highest BCUT2D eigenvalue weighted by molar-refractivity contribution is 7.89. The van der Waals surface area contributed by atoms with Gasteiger partial charge in [-0.15, -0.1) is 0 Å². The molecule has 8 heteroatoms. The first-order valence-electron chi connectivity index (χ1n) is 6.19. The van der Waals surface area contributed by atoms with Gasteiger partial charge in [-0.2, -0.15) is 0 Å². The van der Waals surface area contributed by atoms with Crippen LogP contribution >= 0.6 is 0 Å². The van der Waals surface area contributed by atoms with Crippen molar-refractivity contribution in [3.8, 4) is 11.5 Å². The van der Waals surface area contributed by atoms with Crippen molar-refractivity contribution in [1.82, 2.24) is 14.3 Å². The highest BCUT2D eigenvalue weighted by Crippen LogP contribution is 2.26. The molecule has 0 saturated carbocycles. The van der Waals surface area contributed by atoms with Crippen LogP contribution in [0.15, 0.2) is 29.4 Å². The first-order chi connectivity index (χ1) is 9.83. The standard InChI is InChI=1S/C13H17N3O4S/c1-9-15-13(8-16(9)2)21(18,19)14-7-10-4-5-12(20-3)11(17)6-10/h4-6,8,14,17H,7H2,1-3H3. The zero-order valence-electron chi connectivity index (χ0n) is 12.0. The summed E-state index contributed by atoms with van der Waals surface area (Å²) < 4.78 is 33.2. The van der Waals surface area contributed by atoms with Crippen LogP contribution in [0.4, 0.5) is 0 Å². The number of ether oxygens (including phenoxy) is 1. The van der Waals surface area contributed by atoms with Crippen molar-refractivity contribution in [3.05, 3.63) is 35.8 Å². The molecule has 0 saturated heterocycles. The van der Waals surface area contributed by atoms with Crippen molar-refractivity contribution in [3.63, 3.8) is 0 Å². The summed E-state index contributed by atoms with van der Waals surface area (Å²) in [5.74, 6) is 0.905. The highest BCUT2D eigenvalue weighted by Gasteiger charge is 2.18. The van der Waals surface area contributed by atoms with Crippen molar-refractivity contribution in [2.75, 3.05) is 7.11 Å². The van der Waals surface area contributed by atoms with Gasteiger partial charge in [0.2, 0.25) is 0 Å². The minimum absolute atomic E-state index is 0.0276. The number of phenolic OH excluding ortho intramolecular Hbond substituents is 1. The van der Waals surface area contributed by atoms with Crippen LogP contribution in [0.25, 0.3) is 0 Å². The number of rotatable bonds is 5. The van der Waals surface area contributed by atoms with Gasteiger partial charge in [0.1, 0.15) is 5.82 Å². The molecule has 0 unspecified atom stereocenters. The molecular formula is C13H17N3O4S. The molecule has 0 spiro atoms. The first kappa shape index (κ1) is 15.3. The molecular weight excluding hydrogens is 294 g/mol. The molecule has 7 nitrogen and oxygen atoms in total. The minimum Gasteiger partial charge on any atom is -0.504 e. The molecule has 1 heterocycles. The quantitative estimate of drug-likeness (QED) is 0.856. The van der Waals surface area contributed by atoms with E-state index in [0.29, 0.717) is 17.1 Å². The van der Waals surface area contributed by atoms with Gasteiger partial charge in [-0.25, -0.2) is 18.1 Å². The smallest absolute Gasteiger partial charge is 0.259 e. The molecule has 2 rings (SSSR count). The van der Waals surface area contributed by atoms with E-state index in [1.54, 1.807) is 30.7 Å². The lowest BCUT2D eigenvalue weighted by molar-refractivity contribution is 0.373. The van der Waals surface area contributed by atoms with Gasteiger partial charge in [0.25, 0.3) is 10.0 Å². The summed E-state index contributed by atoms with van der Waals surface area (Å²) in [6.07, 6.45) is 1.45. The molecule has 2 N–H and O–H groups in total. The van der Waals surface area contributed by atoms with Gasteiger partial charge < -0.3 is 14.4 Å². The lowest BCUT2D eigenvalue weighted by Gasteiger charge is -2.07. The van der Waals surface area contributed by atoms with Gasteiger partial charge >= 0.3 is 0 Å². The number of benzene rings is 1. The van der Waals surface area contributed by atoms with E-state index in [1.807, 2.05) is 0 Å². The highest BCUT2D eigenvalue weighted by atomic mass is 32.2. The van der Waals surface area contributed by atoms with E-state index >= 15 is 0 Å². The average molecular weight is 311 g/mol. The predicted octanol–water partition coefficient (Wildman–Crippen LogP) is 0.921. The number of hydrogen-bond donors (Lipinski definition) is 2. The van der Waals surface area contributed by atoms with Crippen LogP contribution in [-0.4, -0.2) is 30.2 Å². The molecule has 2 aromatic rings. The molecule has 0 amide bonds. The van der Waals surface area contributed by atoms with Gasteiger partial charge in [0.15, 0.2) is 16.5 Å². The molecule has 0 aliphatic carbocycles. The van der Waals surface area contributed by atoms with Crippen LogP contribution < -0.4 is 9.46 Å². The van der Waals surface area contributed by atoms with Gasteiger partial charge in [-0.05, 0) is 24.6 Å². The Kier molecular flexibility index (Phi) is 4.19. The Hall–Kier alpha value is -2.06. The van der Waals surface area contributed by atoms with Gasteiger partial charge in [0.05, 0.1) is 7.11 Å². The third-order valence-corrected chi connectivity index (χ3v) is 4.34. The molecule has 21 heavy (non-hydrogen) atoms. The molecule has 0 atom stereocenters. The summed E-state index contributed by atoms with van der Waals surface area (Å²) >= 11 is 0. The second kappa shape index (κ2) is 5.74.